The minimum Gasteiger partial charge on any atom is -0.390 e. The Balaban J connectivity index is 1.76. The fraction of sp³-hybridized carbons (Fsp3) is 0.387. The number of rotatable bonds is 14. The minimum absolute atomic E-state index is 0.0747. The number of nitrogens with one attached hydrogen (secondary N) is 2. The molecular weight excluding hydrogens is 611 g/mol. The van der Waals surface area contributed by atoms with Gasteiger partial charge in [0.05, 0.1) is 12.1 Å². The maximum atomic E-state index is 13.9. The lowest BCUT2D eigenvalue weighted by molar-refractivity contribution is 0.0829. The maximum Gasteiger partial charge on any atom is 0.251 e. The Kier molecular flexibility index (Phi) is 12.3. The second kappa shape index (κ2) is 15.4. The van der Waals surface area contributed by atoms with E-state index in [0.29, 0.717) is 17.7 Å². The summed E-state index contributed by atoms with van der Waals surface area (Å²) >= 11 is 2.25. The molecule has 210 valence electrons. The molecule has 3 rings (SSSR count). The van der Waals surface area contributed by atoms with Gasteiger partial charge in [-0.1, -0.05) is 37.6 Å². The van der Waals surface area contributed by atoms with Gasteiger partial charge in [0.1, 0.15) is 11.6 Å². The SMILES string of the molecule is CCCN(CC)Cc1cc(C)cc(C(=O)N[C@@H](Cc2cc(F)cc(F)c2)[C@@H](O)CNCc2cccc(I)c2)c1. The van der Waals surface area contributed by atoms with Gasteiger partial charge in [-0.2, -0.15) is 0 Å². The summed E-state index contributed by atoms with van der Waals surface area (Å²) in [4.78, 5) is 15.7. The van der Waals surface area contributed by atoms with Crippen LogP contribution in [0.15, 0.2) is 60.7 Å². The lowest BCUT2D eigenvalue weighted by Crippen LogP contribution is -2.48. The van der Waals surface area contributed by atoms with Crippen LogP contribution in [0.25, 0.3) is 0 Å². The molecule has 3 aromatic rings. The van der Waals surface area contributed by atoms with Crippen molar-refractivity contribution in [3.05, 3.63) is 104 Å². The summed E-state index contributed by atoms with van der Waals surface area (Å²) in [6, 6.07) is 16.3. The standard InChI is InChI=1S/C31H38F2IN3O2/c1-4-9-37(5-2)20-24-10-21(3)11-25(12-24)31(39)36-29(16-23-13-26(32)17-27(33)14-23)30(38)19-35-18-22-7-6-8-28(34)15-22/h6-8,10-15,17,29-30,35,38H,4-5,9,16,18-20H2,1-3H3,(H,36,39)/t29-,30-/m0/s1. The normalized spacial score (nSPS) is 12.9. The molecule has 0 radical (unpaired) electrons. The van der Waals surface area contributed by atoms with E-state index in [1.54, 1.807) is 0 Å². The molecule has 0 bridgehead atoms. The van der Waals surface area contributed by atoms with Crippen LogP contribution in [-0.4, -0.2) is 47.7 Å². The van der Waals surface area contributed by atoms with Crippen LogP contribution in [0.4, 0.5) is 8.78 Å². The topological polar surface area (TPSA) is 64.6 Å². The highest BCUT2D eigenvalue weighted by molar-refractivity contribution is 14.1. The van der Waals surface area contributed by atoms with Crippen LogP contribution >= 0.6 is 22.6 Å². The van der Waals surface area contributed by atoms with Gasteiger partial charge in [-0.25, -0.2) is 8.78 Å². The van der Waals surface area contributed by atoms with Crippen LogP contribution < -0.4 is 10.6 Å². The molecule has 0 saturated heterocycles. The monoisotopic (exact) mass is 649 g/mol. The van der Waals surface area contributed by atoms with Crippen LogP contribution in [0.1, 0.15) is 52.9 Å². The first-order chi connectivity index (χ1) is 18.7. The van der Waals surface area contributed by atoms with Gasteiger partial charge in [0.15, 0.2) is 0 Å². The highest BCUT2D eigenvalue weighted by atomic mass is 127. The van der Waals surface area contributed by atoms with E-state index in [4.69, 9.17) is 0 Å². The van der Waals surface area contributed by atoms with E-state index in [2.05, 4.69) is 58.0 Å². The van der Waals surface area contributed by atoms with Crippen molar-refractivity contribution in [2.45, 2.75) is 58.8 Å². The van der Waals surface area contributed by atoms with Crippen molar-refractivity contribution in [2.24, 2.45) is 0 Å². The van der Waals surface area contributed by atoms with Gasteiger partial charge in [-0.05, 0) is 109 Å². The first-order valence-corrected chi connectivity index (χ1v) is 14.5. The minimum atomic E-state index is -0.993. The summed E-state index contributed by atoms with van der Waals surface area (Å²) in [7, 11) is 0. The molecule has 5 nitrogen and oxygen atoms in total. The first kappa shape index (κ1) is 31.1. The molecule has 0 aromatic heterocycles. The van der Waals surface area contributed by atoms with Gasteiger partial charge in [-0.3, -0.25) is 9.69 Å². The van der Waals surface area contributed by atoms with Crippen LogP contribution in [0.3, 0.4) is 0 Å². The molecule has 1 amide bonds. The summed E-state index contributed by atoms with van der Waals surface area (Å²) in [6.07, 6.45) is 0.128. The number of aryl methyl sites for hydroxylation is 1. The molecule has 0 heterocycles. The lowest BCUT2D eigenvalue weighted by Gasteiger charge is -2.25. The zero-order chi connectivity index (χ0) is 28.4. The Bertz CT molecular complexity index is 1220. The number of hydrogen-bond acceptors (Lipinski definition) is 4. The van der Waals surface area contributed by atoms with Crippen molar-refractivity contribution in [2.75, 3.05) is 19.6 Å². The van der Waals surface area contributed by atoms with Gasteiger partial charge in [0.2, 0.25) is 0 Å². The van der Waals surface area contributed by atoms with Crippen LogP contribution in [0.5, 0.6) is 0 Å². The summed E-state index contributed by atoms with van der Waals surface area (Å²) in [5.41, 5.74) is 3.93. The zero-order valence-electron chi connectivity index (χ0n) is 22.8. The van der Waals surface area contributed by atoms with E-state index in [0.717, 1.165) is 52.4 Å². The summed E-state index contributed by atoms with van der Waals surface area (Å²) in [5, 5.41) is 17.3. The predicted octanol–water partition coefficient (Wildman–Crippen LogP) is 5.60. The Morgan fingerprint density at radius 1 is 1.00 bits per heavy atom. The number of nitrogens with zero attached hydrogens (tertiary/aromatic N) is 1. The van der Waals surface area contributed by atoms with Crippen molar-refractivity contribution in [3.8, 4) is 0 Å². The second-order valence-corrected chi connectivity index (χ2v) is 11.2. The van der Waals surface area contributed by atoms with Crippen molar-refractivity contribution in [1.82, 2.24) is 15.5 Å². The second-order valence-electron chi connectivity index (χ2n) is 9.97. The molecule has 0 aliphatic heterocycles. The lowest BCUT2D eigenvalue weighted by atomic mass is 9.99. The van der Waals surface area contributed by atoms with Crippen LogP contribution in [-0.2, 0) is 19.5 Å². The first-order valence-electron chi connectivity index (χ1n) is 13.4. The fourth-order valence-electron chi connectivity index (χ4n) is 4.68. The number of halogens is 3. The van der Waals surface area contributed by atoms with Crippen molar-refractivity contribution < 1.29 is 18.7 Å². The molecule has 0 saturated carbocycles. The van der Waals surface area contributed by atoms with E-state index >= 15 is 0 Å². The zero-order valence-corrected chi connectivity index (χ0v) is 25.0. The number of carbonyl (C=O) groups is 1. The Morgan fingerprint density at radius 2 is 1.74 bits per heavy atom. The van der Waals surface area contributed by atoms with Gasteiger partial charge < -0.3 is 15.7 Å². The van der Waals surface area contributed by atoms with E-state index in [-0.39, 0.29) is 18.9 Å². The fourth-order valence-corrected chi connectivity index (χ4v) is 5.29. The molecule has 0 aliphatic rings. The number of hydrogen-bond donors (Lipinski definition) is 3. The number of aliphatic hydroxyl groups excluding tert-OH is 1. The van der Waals surface area contributed by atoms with Gasteiger partial charge >= 0.3 is 0 Å². The van der Waals surface area contributed by atoms with E-state index in [1.165, 1.54) is 12.1 Å². The molecule has 0 unspecified atom stereocenters. The molecule has 0 fully saturated rings. The Hall–Kier alpha value is -2.40. The molecule has 39 heavy (non-hydrogen) atoms. The average Bonchev–Trinajstić information content (AvgIpc) is 2.87. The molecule has 8 heteroatoms. The number of amides is 1. The summed E-state index contributed by atoms with van der Waals surface area (Å²) in [5.74, 6) is -1.73. The van der Waals surface area contributed by atoms with Crippen LogP contribution in [0.2, 0.25) is 0 Å². The molecule has 3 aromatic carbocycles. The molecule has 0 spiro atoms. The van der Waals surface area contributed by atoms with Gasteiger partial charge in [-0.15, -0.1) is 0 Å². The molecule has 0 aliphatic carbocycles. The molecule has 2 atom stereocenters. The van der Waals surface area contributed by atoms with Gasteiger partial charge in [0.25, 0.3) is 5.91 Å². The smallest absolute Gasteiger partial charge is 0.251 e. The van der Waals surface area contributed by atoms with E-state index in [9.17, 15) is 18.7 Å². The molecular formula is C31H38F2IN3O2. The third-order valence-electron chi connectivity index (χ3n) is 6.52. The number of benzene rings is 3. The summed E-state index contributed by atoms with van der Waals surface area (Å²) in [6.45, 7) is 9.56. The van der Waals surface area contributed by atoms with E-state index < -0.39 is 23.8 Å². The number of carbonyl (C=O) groups excluding carboxylic acids is 1. The third kappa shape index (κ3) is 10.3. The van der Waals surface area contributed by atoms with Crippen molar-refractivity contribution in [3.63, 3.8) is 0 Å². The third-order valence-corrected chi connectivity index (χ3v) is 7.19. The Morgan fingerprint density at radius 3 is 2.41 bits per heavy atom. The quantitative estimate of drug-likeness (QED) is 0.199. The van der Waals surface area contributed by atoms with Crippen molar-refractivity contribution in [1.29, 1.82) is 0 Å². The van der Waals surface area contributed by atoms with E-state index in [1.807, 2.05) is 43.3 Å². The summed E-state index contributed by atoms with van der Waals surface area (Å²) < 4.78 is 28.9. The Labute approximate surface area is 244 Å². The van der Waals surface area contributed by atoms with Gasteiger partial charge in [0, 0.05) is 34.8 Å². The highest BCUT2D eigenvalue weighted by Gasteiger charge is 2.23. The molecule has 3 N–H and O–H groups in total. The highest BCUT2D eigenvalue weighted by Crippen LogP contribution is 2.16. The largest absolute Gasteiger partial charge is 0.390 e. The van der Waals surface area contributed by atoms with Crippen LogP contribution in [0, 0.1) is 22.1 Å². The number of aliphatic hydroxyl groups is 1. The van der Waals surface area contributed by atoms with Crippen molar-refractivity contribution >= 4 is 28.5 Å². The predicted molar refractivity (Wildman–Crippen MR) is 161 cm³/mol. The maximum absolute atomic E-state index is 13.9. The average molecular weight is 650 g/mol.